The van der Waals surface area contributed by atoms with E-state index < -0.39 is 0 Å². The van der Waals surface area contributed by atoms with Gasteiger partial charge in [-0.2, -0.15) is 4.80 Å². The van der Waals surface area contributed by atoms with Crippen molar-refractivity contribution in [2.24, 2.45) is 11.1 Å². The van der Waals surface area contributed by atoms with Gasteiger partial charge in [0, 0.05) is 11.0 Å². The third kappa shape index (κ3) is 3.60. The van der Waals surface area contributed by atoms with Crippen molar-refractivity contribution in [3.05, 3.63) is 30.3 Å². The highest BCUT2D eigenvalue weighted by molar-refractivity contribution is 7.80. The molecular formula is C14H19N5S. The zero-order valence-corrected chi connectivity index (χ0v) is 12.6. The number of hydrogen-bond acceptors (Lipinski definition) is 4. The molecule has 20 heavy (non-hydrogen) atoms. The number of aryl methyl sites for hydroxylation is 1. The second-order valence-electron chi connectivity index (χ2n) is 5.43. The maximum atomic E-state index is 5.71. The number of aromatic nitrogens is 4. The molecular weight excluding hydrogens is 270 g/mol. The number of tetrazole rings is 1. The Morgan fingerprint density at radius 2 is 2.00 bits per heavy atom. The Morgan fingerprint density at radius 3 is 2.65 bits per heavy atom. The molecule has 2 aromatic rings. The first-order valence-electron chi connectivity index (χ1n) is 6.62. The van der Waals surface area contributed by atoms with E-state index in [-0.39, 0.29) is 5.41 Å². The maximum absolute atomic E-state index is 5.71. The lowest BCUT2D eigenvalue weighted by atomic mass is 9.88. The molecule has 2 rings (SSSR count). The van der Waals surface area contributed by atoms with Crippen LogP contribution in [0.2, 0.25) is 0 Å². The zero-order chi connectivity index (χ0) is 14.6. The Labute approximate surface area is 124 Å². The molecule has 0 aliphatic carbocycles. The third-order valence-electron chi connectivity index (χ3n) is 3.31. The second kappa shape index (κ2) is 6.09. The van der Waals surface area contributed by atoms with E-state index in [0.29, 0.717) is 17.4 Å². The molecule has 1 aromatic carbocycles. The summed E-state index contributed by atoms with van der Waals surface area (Å²) in [6.45, 7) is 4.82. The number of thiocarbonyl (C=S) groups is 1. The number of nitrogens with zero attached hydrogens (tertiary/aromatic N) is 4. The van der Waals surface area contributed by atoms with Crippen LogP contribution in [0, 0.1) is 5.41 Å². The fourth-order valence-corrected chi connectivity index (χ4v) is 1.93. The number of hydrogen-bond donors (Lipinski definition) is 1. The minimum Gasteiger partial charge on any atom is -0.393 e. The van der Waals surface area contributed by atoms with Crippen LogP contribution >= 0.6 is 12.2 Å². The number of nitrogens with two attached hydrogens (primary N) is 1. The fraction of sp³-hybridized carbons (Fsp3) is 0.429. The van der Waals surface area contributed by atoms with Gasteiger partial charge in [0.15, 0.2) is 0 Å². The summed E-state index contributed by atoms with van der Waals surface area (Å²) in [6, 6.07) is 9.82. The molecule has 1 aromatic heterocycles. The molecule has 0 fully saturated rings. The van der Waals surface area contributed by atoms with E-state index >= 15 is 0 Å². The van der Waals surface area contributed by atoms with Crippen LogP contribution in [0.3, 0.4) is 0 Å². The maximum Gasteiger partial charge on any atom is 0.204 e. The third-order valence-corrected chi connectivity index (χ3v) is 3.86. The highest BCUT2D eigenvalue weighted by Crippen LogP contribution is 2.22. The SMILES string of the molecule is CC(C)(CCCn1nnc(-c2ccccc2)n1)C(N)=S. The smallest absolute Gasteiger partial charge is 0.204 e. The Hall–Kier alpha value is -1.82. The number of benzene rings is 1. The van der Waals surface area contributed by atoms with Gasteiger partial charge < -0.3 is 5.73 Å². The summed E-state index contributed by atoms with van der Waals surface area (Å²) in [6.07, 6.45) is 1.82. The molecule has 0 spiro atoms. The molecule has 106 valence electrons. The van der Waals surface area contributed by atoms with E-state index in [1.165, 1.54) is 0 Å². The molecule has 0 saturated carbocycles. The predicted octanol–water partition coefficient (Wildman–Crippen LogP) is 2.43. The molecule has 0 unspecified atom stereocenters. The fourth-order valence-electron chi connectivity index (χ4n) is 1.83. The lowest BCUT2D eigenvalue weighted by Gasteiger charge is -2.22. The normalized spacial score (nSPS) is 11.5. The van der Waals surface area contributed by atoms with Gasteiger partial charge in [0.25, 0.3) is 0 Å². The summed E-state index contributed by atoms with van der Waals surface area (Å²) in [5.74, 6) is 0.652. The average Bonchev–Trinajstić information content (AvgIpc) is 2.88. The van der Waals surface area contributed by atoms with Crippen LogP contribution in [0.15, 0.2) is 30.3 Å². The minimum absolute atomic E-state index is 0.127. The first-order chi connectivity index (χ1) is 9.49. The lowest BCUT2D eigenvalue weighted by molar-refractivity contribution is 0.406. The summed E-state index contributed by atoms with van der Waals surface area (Å²) in [5, 5.41) is 12.5. The first-order valence-corrected chi connectivity index (χ1v) is 7.03. The molecule has 0 saturated heterocycles. The minimum atomic E-state index is -0.127. The van der Waals surface area contributed by atoms with Crippen molar-refractivity contribution in [3.8, 4) is 11.4 Å². The summed E-state index contributed by atoms with van der Waals surface area (Å²) in [5.41, 5.74) is 6.56. The van der Waals surface area contributed by atoms with Crippen molar-refractivity contribution < 1.29 is 0 Å². The summed E-state index contributed by atoms with van der Waals surface area (Å²) >= 11 is 5.06. The van der Waals surface area contributed by atoms with Gasteiger partial charge in [-0.25, -0.2) is 0 Å². The molecule has 0 bridgehead atoms. The van der Waals surface area contributed by atoms with Crippen LogP contribution in [0.5, 0.6) is 0 Å². The topological polar surface area (TPSA) is 69.6 Å². The van der Waals surface area contributed by atoms with Gasteiger partial charge in [-0.3, -0.25) is 0 Å². The van der Waals surface area contributed by atoms with E-state index in [2.05, 4.69) is 29.3 Å². The molecule has 1 heterocycles. The van der Waals surface area contributed by atoms with Crippen LogP contribution in [0.4, 0.5) is 0 Å². The van der Waals surface area contributed by atoms with Crippen LogP contribution < -0.4 is 5.73 Å². The van der Waals surface area contributed by atoms with Gasteiger partial charge >= 0.3 is 0 Å². The van der Waals surface area contributed by atoms with Crippen molar-refractivity contribution >= 4 is 17.2 Å². The van der Waals surface area contributed by atoms with Crippen LogP contribution in [0.25, 0.3) is 11.4 Å². The molecule has 6 heteroatoms. The predicted molar refractivity (Wildman–Crippen MR) is 83.1 cm³/mol. The average molecular weight is 289 g/mol. The lowest BCUT2D eigenvalue weighted by Crippen LogP contribution is -2.29. The molecule has 0 amide bonds. The van der Waals surface area contributed by atoms with Crippen LogP contribution in [-0.2, 0) is 6.54 Å². The largest absolute Gasteiger partial charge is 0.393 e. The molecule has 0 radical (unpaired) electrons. The van der Waals surface area contributed by atoms with Gasteiger partial charge in [0.05, 0.1) is 11.5 Å². The second-order valence-corrected chi connectivity index (χ2v) is 5.87. The molecule has 0 atom stereocenters. The van der Waals surface area contributed by atoms with E-state index in [9.17, 15) is 0 Å². The van der Waals surface area contributed by atoms with E-state index in [0.717, 1.165) is 18.4 Å². The van der Waals surface area contributed by atoms with Crippen molar-refractivity contribution in [3.63, 3.8) is 0 Å². The van der Waals surface area contributed by atoms with Crippen LogP contribution in [0.1, 0.15) is 26.7 Å². The molecule has 5 nitrogen and oxygen atoms in total. The van der Waals surface area contributed by atoms with Crippen molar-refractivity contribution in [2.45, 2.75) is 33.2 Å². The van der Waals surface area contributed by atoms with Gasteiger partial charge in [-0.05, 0) is 18.1 Å². The Balaban J connectivity index is 1.93. The summed E-state index contributed by atoms with van der Waals surface area (Å²) in [4.78, 5) is 2.17. The highest BCUT2D eigenvalue weighted by atomic mass is 32.1. The van der Waals surface area contributed by atoms with Crippen molar-refractivity contribution in [1.82, 2.24) is 20.2 Å². The summed E-state index contributed by atoms with van der Waals surface area (Å²) in [7, 11) is 0. The Bertz CT molecular complexity index is 576. The highest BCUT2D eigenvalue weighted by Gasteiger charge is 2.20. The van der Waals surface area contributed by atoms with Gasteiger partial charge in [0.1, 0.15) is 0 Å². The van der Waals surface area contributed by atoms with Gasteiger partial charge in [-0.15, -0.1) is 10.2 Å². The quantitative estimate of drug-likeness (QED) is 0.827. The standard InChI is InChI=1S/C14H19N5S/c1-14(2,13(15)20)9-6-10-19-17-12(16-18-19)11-7-4-3-5-8-11/h3-5,7-8H,6,9-10H2,1-2H3,(H2,15,20). The molecule has 0 aliphatic heterocycles. The van der Waals surface area contributed by atoms with E-state index in [1.807, 2.05) is 30.3 Å². The van der Waals surface area contributed by atoms with Crippen molar-refractivity contribution in [1.29, 1.82) is 0 Å². The van der Waals surface area contributed by atoms with Crippen molar-refractivity contribution in [2.75, 3.05) is 0 Å². The van der Waals surface area contributed by atoms with E-state index in [4.69, 9.17) is 18.0 Å². The summed E-state index contributed by atoms with van der Waals surface area (Å²) < 4.78 is 0. The van der Waals surface area contributed by atoms with Gasteiger partial charge in [0.2, 0.25) is 5.82 Å². The van der Waals surface area contributed by atoms with E-state index in [1.54, 1.807) is 4.80 Å². The van der Waals surface area contributed by atoms with Crippen LogP contribution in [-0.4, -0.2) is 25.2 Å². The zero-order valence-electron chi connectivity index (χ0n) is 11.8. The Morgan fingerprint density at radius 1 is 1.30 bits per heavy atom. The molecule has 0 aliphatic rings. The number of rotatable bonds is 6. The first kappa shape index (κ1) is 14.6. The molecule has 2 N–H and O–H groups in total. The monoisotopic (exact) mass is 289 g/mol. The van der Waals surface area contributed by atoms with Gasteiger partial charge in [-0.1, -0.05) is 56.4 Å². The Kier molecular flexibility index (Phi) is 4.44.